The van der Waals surface area contributed by atoms with Crippen LogP contribution in [0.4, 0.5) is 16.2 Å². The highest BCUT2D eigenvalue weighted by Gasteiger charge is 2.51. The summed E-state index contributed by atoms with van der Waals surface area (Å²) in [6.07, 6.45) is -7.38. The van der Waals surface area contributed by atoms with Crippen LogP contribution in [0.5, 0.6) is 0 Å². The second-order valence-electron chi connectivity index (χ2n) is 10.1. The van der Waals surface area contributed by atoms with Crippen LogP contribution in [-0.4, -0.2) is 82.7 Å². The SMILES string of the molecule is Nc1nc2c(sc(=O)n2[C@@H]2OC3COP(O)(=S)OC4[C@@H](F)[C@H](n5cnc6c(N)ncnc65)O[C@@H]4COP(=O)(S)O[C@@H]2C3)c(=O)[nH]1. The number of anilines is 2. The minimum absolute atomic E-state index is 0.0326. The molecule has 0 aromatic carbocycles. The predicted molar refractivity (Wildman–Crippen MR) is 161 cm³/mol. The number of aromatic nitrogens is 7. The number of thiol groups is 1. The number of nitrogens with two attached hydrogens (primary N) is 2. The number of rotatable bonds is 2. The van der Waals surface area contributed by atoms with E-state index in [2.05, 4.69) is 37.2 Å². The van der Waals surface area contributed by atoms with Crippen molar-refractivity contribution in [3.8, 4) is 0 Å². The highest BCUT2D eigenvalue weighted by Crippen LogP contribution is 2.58. The number of alkyl halides is 1. The zero-order valence-corrected chi connectivity index (χ0v) is 26.6. The van der Waals surface area contributed by atoms with E-state index in [1.807, 2.05) is 0 Å². The minimum Gasteiger partial charge on any atom is -0.382 e. The number of thiazole rings is 1. The van der Waals surface area contributed by atoms with Crippen LogP contribution in [-0.2, 0) is 43.9 Å². The van der Waals surface area contributed by atoms with Crippen molar-refractivity contribution in [3.63, 3.8) is 0 Å². The number of imidazole rings is 1. The quantitative estimate of drug-likeness (QED) is 0.141. The van der Waals surface area contributed by atoms with Crippen molar-refractivity contribution in [2.45, 2.75) is 49.5 Å². The van der Waals surface area contributed by atoms with Gasteiger partial charge >= 0.3 is 18.4 Å². The standard InChI is InChI=1S/C20H22FN9O10P2S3/c21-9-11-8(38-18(9)29-5-26-10-13(22)24-4-25-14(10)29)3-36-41(33,43)39-7-1-6(2-35-42(34,44)40-11)37-17(7)30-15-12(45-20(30)32)16(31)28-19(23)27-15/h4-9,11,17-18H,1-3H2,(H,33,43)(H,34,44)(H2,22,24,25)(H3,23,27,28,31)/t6?,7-,8-,9-,11?,17-,18-,41?,42?/m1/s1. The van der Waals surface area contributed by atoms with Crippen molar-refractivity contribution >= 4 is 82.2 Å². The third-order valence-electron chi connectivity index (χ3n) is 7.17. The molecule has 19 nitrogen and oxygen atoms in total. The molecule has 7 rings (SSSR count). The Balaban J connectivity index is 1.20. The highest BCUT2D eigenvalue weighted by atomic mass is 32.7. The summed E-state index contributed by atoms with van der Waals surface area (Å²) < 4.78 is 66.0. The molecule has 4 aromatic rings. The zero-order valence-electron chi connectivity index (χ0n) is 22.3. The number of hydrogen-bond donors (Lipinski definition) is 5. The van der Waals surface area contributed by atoms with Gasteiger partial charge < -0.3 is 30.4 Å². The maximum Gasteiger partial charge on any atom is 0.386 e. The third kappa shape index (κ3) is 5.74. The van der Waals surface area contributed by atoms with Crippen molar-refractivity contribution in [2.75, 3.05) is 24.7 Å². The summed E-state index contributed by atoms with van der Waals surface area (Å²) in [7, 11) is 0. The van der Waals surface area contributed by atoms with Crippen LogP contribution in [0.15, 0.2) is 22.2 Å². The van der Waals surface area contributed by atoms with Gasteiger partial charge in [0.15, 0.2) is 35.7 Å². The maximum absolute atomic E-state index is 16.0. The molecule has 9 atom stereocenters. The Kier molecular flexibility index (Phi) is 7.90. The average Bonchev–Trinajstić information content (AvgIpc) is 3.71. The fourth-order valence-electron chi connectivity index (χ4n) is 5.28. The van der Waals surface area contributed by atoms with E-state index >= 15 is 4.39 Å². The van der Waals surface area contributed by atoms with E-state index in [9.17, 15) is 19.0 Å². The smallest absolute Gasteiger partial charge is 0.382 e. The van der Waals surface area contributed by atoms with Gasteiger partial charge in [-0.1, -0.05) is 23.6 Å². The number of nitrogens with one attached hydrogen (secondary N) is 1. The average molecular weight is 726 g/mol. The summed E-state index contributed by atoms with van der Waals surface area (Å²) >= 11 is 9.85. The van der Waals surface area contributed by atoms with Gasteiger partial charge in [-0.25, -0.2) is 23.9 Å². The van der Waals surface area contributed by atoms with Gasteiger partial charge in [-0.05, 0) is 11.8 Å². The first-order valence-electron chi connectivity index (χ1n) is 12.9. The van der Waals surface area contributed by atoms with E-state index in [1.165, 1.54) is 17.2 Å². The van der Waals surface area contributed by atoms with Gasteiger partial charge in [-0.15, -0.1) is 0 Å². The molecule has 0 amide bonds. The molecule has 3 aliphatic rings. The molecule has 242 valence electrons. The summed E-state index contributed by atoms with van der Waals surface area (Å²) in [6.45, 7) is -9.51. The van der Waals surface area contributed by atoms with Crippen LogP contribution in [0.1, 0.15) is 18.9 Å². The van der Waals surface area contributed by atoms with Crippen LogP contribution in [0.2, 0.25) is 0 Å². The number of aromatic amines is 1. The Morgan fingerprint density at radius 2 is 1.91 bits per heavy atom. The Hall–Kier alpha value is -2.40. The van der Waals surface area contributed by atoms with Crippen molar-refractivity contribution in [3.05, 3.63) is 32.7 Å². The van der Waals surface area contributed by atoms with Gasteiger partial charge in [0.05, 0.1) is 25.6 Å². The summed E-state index contributed by atoms with van der Waals surface area (Å²) in [5.41, 5.74) is 11.2. The van der Waals surface area contributed by atoms with Crippen molar-refractivity contribution in [1.82, 2.24) is 34.1 Å². The van der Waals surface area contributed by atoms with E-state index in [-0.39, 0.29) is 39.7 Å². The lowest BCUT2D eigenvalue weighted by Gasteiger charge is -2.26. The summed E-state index contributed by atoms with van der Waals surface area (Å²) in [5.74, 6) is -0.200. The number of halogens is 1. The van der Waals surface area contributed by atoms with E-state index in [1.54, 1.807) is 0 Å². The summed E-state index contributed by atoms with van der Waals surface area (Å²) in [4.78, 5) is 54.1. The molecule has 2 bridgehead atoms. The molecule has 25 heteroatoms. The summed E-state index contributed by atoms with van der Waals surface area (Å²) in [5, 5.41) is 0. The number of ether oxygens (including phenoxy) is 2. The van der Waals surface area contributed by atoms with Gasteiger partial charge in [0.25, 0.3) is 5.56 Å². The highest BCUT2D eigenvalue weighted by molar-refractivity contribution is 8.44. The van der Waals surface area contributed by atoms with Crippen LogP contribution >= 0.6 is 37.1 Å². The zero-order chi connectivity index (χ0) is 31.8. The summed E-state index contributed by atoms with van der Waals surface area (Å²) in [6, 6.07) is 0. The lowest BCUT2D eigenvalue weighted by molar-refractivity contribution is -0.0579. The molecular formula is C20H22FN9O10P2S3. The van der Waals surface area contributed by atoms with E-state index in [0.717, 1.165) is 4.57 Å². The first-order chi connectivity index (χ1) is 21.3. The second-order valence-corrected chi connectivity index (χ2v) is 16.7. The van der Waals surface area contributed by atoms with Crippen molar-refractivity contribution in [1.29, 1.82) is 0 Å². The van der Waals surface area contributed by atoms with Gasteiger partial charge in [0.2, 0.25) is 5.95 Å². The molecule has 0 saturated carbocycles. The molecule has 0 aliphatic carbocycles. The van der Waals surface area contributed by atoms with Crippen LogP contribution < -0.4 is 21.9 Å². The molecule has 45 heavy (non-hydrogen) atoms. The van der Waals surface area contributed by atoms with Crippen LogP contribution in [0.25, 0.3) is 21.5 Å². The number of fused-ring (bicyclic) bond motifs is 5. The van der Waals surface area contributed by atoms with Gasteiger partial charge in [0.1, 0.15) is 34.9 Å². The molecule has 0 radical (unpaired) electrons. The Bertz CT molecular complexity index is 2030. The number of H-pyrrole nitrogens is 1. The van der Waals surface area contributed by atoms with E-state index in [4.69, 9.17) is 50.8 Å². The monoisotopic (exact) mass is 725 g/mol. The van der Waals surface area contributed by atoms with Gasteiger partial charge in [0, 0.05) is 6.42 Å². The predicted octanol–water partition coefficient (Wildman–Crippen LogP) is 0.745. The van der Waals surface area contributed by atoms with Crippen LogP contribution in [0.3, 0.4) is 0 Å². The second kappa shape index (κ2) is 11.4. The molecule has 7 heterocycles. The molecule has 4 unspecified atom stereocenters. The normalized spacial score (nSPS) is 36.0. The molecule has 3 fully saturated rings. The molecule has 0 spiro atoms. The van der Waals surface area contributed by atoms with E-state index in [0.29, 0.717) is 11.3 Å². The van der Waals surface area contributed by atoms with Gasteiger partial charge in [-0.2, -0.15) is 4.98 Å². The maximum atomic E-state index is 16.0. The number of nitrogen functional groups attached to an aromatic ring is 2. The fourth-order valence-corrected chi connectivity index (χ4v) is 9.07. The topological polar surface area (TPSA) is 256 Å². The molecule has 3 aliphatic heterocycles. The largest absolute Gasteiger partial charge is 0.386 e. The molecule has 4 aromatic heterocycles. The fraction of sp³-hybridized carbons (Fsp3) is 0.500. The van der Waals surface area contributed by atoms with Crippen molar-refractivity contribution < 1.29 is 41.4 Å². The number of nitrogens with zero attached hydrogens (tertiary/aromatic N) is 6. The Morgan fingerprint density at radius 1 is 1.11 bits per heavy atom. The Morgan fingerprint density at radius 3 is 2.71 bits per heavy atom. The molecular weight excluding hydrogens is 703 g/mol. The first kappa shape index (κ1) is 31.2. The minimum atomic E-state index is -4.30. The molecule has 6 N–H and O–H groups in total. The van der Waals surface area contributed by atoms with Crippen LogP contribution in [0, 0.1) is 0 Å². The Labute approximate surface area is 263 Å². The lowest BCUT2D eigenvalue weighted by Crippen LogP contribution is -2.34. The lowest BCUT2D eigenvalue weighted by atomic mass is 10.1. The number of hydrogen-bond acceptors (Lipinski definition) is 17. The van der Waals surface area contributed by atoms with E-state index < -0.39 is 80.2 Å². The first-order valence-corrected chi connectivity index (χ1v) is 19.0. The van der Waals surface area contributed by atoms with Crippen molar-refractivity contribution in [2.24, 2.45) is 0 Å². The third-order valence-corrected chi connectivity index (χ3v) is 11.3. The van der Waals surface area contributed by atoms with Gasteiger partial charge in [-0.3, -0.25) is 37.3 Å². The molecule has 3 saturated heterocycles.